The van der Waals surface area contributed by atoms with Gasteiger partial charge in [0.15, 0.2) is 0 Å². The summed E-state index contributed by atoms with van der Waals surface area (Å²) in [7, 11) is 0. The normalized spacial score (nSPS) is 11.9. The van der Waals surface area contributed by atoms with Gasteiger partial charge in [-0.05, 0) is 6.92 Å². The fourth-order valence-corrected chi connectivity index (χ4v) is 0.302. The highest BCUT2D eigenvalue weighted by molar-refractivity contribution is 5.75. The molecule has 0 amide bonds. The maximum absolute atomic E-state index is 10.6. The van der Waals surface area contributed by atoms with Gasteiger partial charge in [0.1, 0.15) is 6.04 Å². The van der Waals surface area contributed by atoms with Crippen LogP contribution in [0.2, 0.25) is 0 Å². The van der Waals surface area contributed by atoms with Crippen LogP contribution in [0.1, 0.15) is 13.8 Å². The van der Waals surface area contributed by atoms with Gasteiger partial charge < -0.3 is 15.2 Å². The summed E-state index contributed by atoms with van der Waals surface area (Å²) < 4.78 is 8.73. The van der Waals surface area contributed by atoms with Crippen molar-refractivity contribution in [2.45, 2.75) is 19.9 Å². The zero-order valence-corrected chi connectivity index (χ0v) is 6.49. The van der Waals surface area contributed by atoms with Crippen LogP contribution in [0.25, 0.3) is 0 Å². The fourth-order valence-electron chi connectivity index (χ4n) is 0.302. The molecule has 0 aliphatic heterocycles. The van der Waals surface area contributed by atoms with Crippen LogP contribution in [-0.2, 0) is 19.1 Å². The Morgan fingerprint density at radius 2 is 2.00 bits per heavy atom. The molecule has 1 unspecified atom stereocenters. The van der Waals surface area contributed by atoms with E-state index >= 15 is 0 Å². The smallest absolute Gasteiger partial charge is 0.325 e. The van der Waals surface area contributed by atoms with E-state index in [0.717, 1.165) is 0 Å². The van der Waals surface area contributed by atoms with E-state index in [1.165, 1.54) is 13.8 Å². The van der Waals surface area contributed by atoms with Crippen molar-refractivity contribution >= 4 is 11.9 Å². The summed E-state index contributed by atoms with van der Waals surface area (Å²) in [5.41, 5.74) is 5.14. The summed E-state index contributed by atoms with van der Waals surface area (Å²) in [6.07, 6.45) is 0. The molecule has 0 saturated carbocycles. The third-order valence-electron chi connectivity index (χ3n) is 0.835. The molecule has 1 atom stereocenters. The number of hydrogen-bond acceptors (Lipinski definition) is 5. The Bertz CT molecular complexity index is 155. The number of hydrogen-bond donors (Lipinski definition) is 1. The van der Waals surface area contributed by atoms with E-state index in [9.17, 15) is 9.59 Å². The first-order valence-corrected chi connectivity index (χ1v) is 3.09. The number of ether oxygens (including phenoxy) is 2. The minimum atomic E-state index is -0.689. The van der Waals surface area contributed by atoms with Crippen LogP contribution in [0.3, 0.4) is 0 Å². The number of nitrogens with two attached hydrogens (primary N) is 1. The number of carbonyl (C=O) groups is 2. The highest BCUT2D eigenvalue weighted by atomic mass is 16.7. The van der Waals surface area contributed by atoms with Gasteiger partial charge in [0.05, 0.1) is 0 Å². The van der Waals surface area contributed by atoms with Crippen molar-refractivity contribution in [3.05, 3.63) is 0 Å². The molecule has 64 valence electrons. The van der Waals surface area contributed by atoms with Crippen LogP contribution in [0.15, 0.2) is 0 Å². The minimum Gasteiger partial charge on any atom is -0.428 e. The maximum atomic E-state index is 10.6. The third-order valence-corrected chi connectivity index (χ3v) is 0.835. The minimum absolute atomic E-state index is 0.365. The Morgan fingerprint density at radius 1 is 1.45 bits per heavy atom. The van der Waals surface area contributed by atoms with Gasteiger partial charge in [0.25, 0.3) is 0 Å². The highest BCUT2D eigenvalue weighted by Crippen LogP contribution is 1.85. The van der Waals surface area contributed by atoms with Crippen LogP contribution in [-0.4, -0.2) is 24.8 Å². The van der Waals surface area contributed by atoms with E-state index in [-0.39, 0.29) is 6.79 Å². The molecule has 0 saturated heterocycles. The van der Waals surface area contributed by atoms with Crippen LogP contribution in [0.4, 0.5) is 0 Å². The lowest BCUT2D eigenvalue weighted by Gasteiger charge is -2.05. The van der Waals surface area contributed by atoms with Crippen molar-refractivity contribution < 1.29 is 19.1 Å². The quantitative estimate of drug-likeness (QED) is 0.441. The molecule has 0 aromatic rings. The molecule has 2 N–H and O–H groups in total. The van der Waals surface area contributed by atoms with Gasteiger partial charge >= 0.3 is 11.9 Å². The highest BCUT2D eigenvalue weighted by Gasteiger charge is 2.08. The Balaban J connectivity index is 3.39. The van der Waals surface area contributed by atoms with Crippen molar-refractivity contribution in [3.63, 3.8) is 0 Å². The molecule has 0 fully saturated rings. The molecule has 0 spiro atoms. The zero-order valence-electron chi connectivity index (χ0n) is 6.49. The molecule has 0 radical (unpaired) electrons. The Kier molecular flexibility index (Phi) is 4.21. The first-order valence-electron chi connectivity index (χ1n) is 3.09. The molecule has 5 heteroatoms. The van der Waals surface area contributed by atoms with Gasteiger partial charge in [-0.1, -0.05) is 0 Å². The monoisotopic (exact) mass is 161 g/mol. The number of rotatable bonds is 3. The topological polar surface area (TPSA) is 78.6 Å². The van der Waals surface area contributed by atoms with Gasteiger partial charge in [-0.15, -0.1) is 0 Å². The average molecular weight is 161 g/mol. The molecule has 0 rings (SSSR count). The van der Waals surface area contributed by atoms with Crippen molar-refractivity contribution in [2.75, 3.05) is 6.79 Å². The van der Waals surface area contributed by atoms with Gasteiger partial charge in [-0.2, -0.15) is 0 Å². The molecular formula is C6H11NO4. The van der Waals surface area contributed by atoms with Crippen LogP contribution in [0.5, 0.6) is 0 Å². The van der Waals surface area contributed by atoms with Crippen LogP contribution >= 0.6 is 0 Å². The second-order valence-corrected chi connectivity index (χ2v) is 2.01. The SMILES string of the molecule is CC(=O)OCOC(=O)C(C)N. The summed E-state index contributed by atoms with van der Waals surface area (Å²) in [6, 6.07) is -0.689. The van der Waals surface area contributed by atoms with E-state index in [0.29, 0.717) is 0 Å². The van der Waals surface area contributed by atoms with Gasteiger partial charge in [-0.25, -0.2) is 0 Å². The van der Waals surface area contributed by atoms with E-state index < -0.39 is 18.0 Å². The Morgan fingerprint density at radius 3 is 2.36 bits per heavy atom. The van der Waals surface area contributed by atoms with Crippen LogP contribution < -0.4 is 5.73 Å². The van der Waals surface area contributed by atoms with Crippen molar-refractivity contribution in [3.8, 4) is 0 Å². The zero-order chi connectivity index (χ0) is 8.85. The Labute approximate surface area is 64.5 Å². The fraction of sp³-hybridized carbons (Fsp3) is 0.667. The molecular weight excluding hydrogens is 150 g/mol. The number of carbonyl (C=O) groups excluding carboxylic acids is 2. The summed E-state index contributed by atoms with van der Waals surface area (Å²) in [4.78, 5) is 20.7. The lowest BCUT2D eigenvalue weighted by atomic mass is 10.4. The second-order valence-electron chi connectivity index (χ2n) is 2.01. The lowest BCUT2D eigenvalue weighted by Crippen LogP contribution is -2.29. The van der Waals surface area contributed by atoms with E-state index in [1.54, 1.807) is 0 Å². The van der Waals surface area contributed by atoms with Crippen LogP contribution in [0, 0.1) is 0 Å². The molecule has 5 nitrogen and oxygen atoms in total. The average Bonchev–Trinajstić information content (AvgIpc) is 1.86. The molecule has 0 aliphatic rings. The standard InChI is InChI=1S/C6H11NO4/c1-4(7)6(9)11-3-10-5(2)8/h4H,3,7H2,1-2H3. The summed E-state index contributed by atoms with van der Waals surface area (Å²) >= 11 is 0. The maximum Gasteiger partial charge on any atom is 0.325 e. The number of esters is 2. The predicted octanol–water partition coefficient (Wildman–Crippen LogP) is -0.603. The first kappa shape index (κ1) is 9.90. The molecule has 0 aromatic carbocycles. The molecule has 0 heterocycles. The first-order chi connectivity index (χ1) is 5.04. The predicted molar refractivity (Wildman–Crippen MR) is 36.4 cm³/mol. The van der Waals surface area contributed by atoms with E-state index in [1.807, 2.05) is 0 Å². The summed E-state index contributed by atoms with van der Waals surface area (Å²) in [6.45, 7) is 2.34. The van der Waals surface area contributed by atoms with Crippen molar-refractivity contribution in [1.29, 1.82) is 0 Å². The van der Waals surface area contributed by atoms with E-state index in [2.05, 4.69) is 9.47 Å². The molecule has 11 heavy (non-hydrogen) atoms. The van der Waals surface area contributed by atoms with E-state index in [4.69, 9.17) is 5.73 Å². The summed E-state index contributed by atoms with van der Waals surface area (Å²) in [5.74, 6) is -1.09. The van der Waals surface area contributed by atoms with Crippen molar-refractivity contribution in [1.82, 2.24) is 0 Å². The Hall–Kier alpha value is -1.10. The molecule has 0 bridgehead atoms. The lowest BCUT2D eigenvalue weighted by molar-refractivity contribution is -0.166. The largest absolute Gasteiger partial charge is 0.428 e. The molecule has 0 aliphatic carbocycles. The van der Waals surface area contributed by atoms with Gasteiger partial charge in [0, 0.05) is 6.92 Å². The van der Waals surface area contributed by atoms with Gasteiger partial charge in [-0.3, -0.25) is 9.59 Å². The second kappa shape index (κ2) is 4.68. The van der Waals surface area contributed by atoms with Crippen molar-refractivity contribution in [2.24, 2.45) is 5.73 Å². The third kappa shape index (κ3) is 5.35. The molecule has 0 aromatic heterocycles. The van der Waals surface area contributed by atoms with Gasteiger partial charge in [0.2, 0.25) is 6.79 Å². The summed E-state index contributed by atoms with van der Waals surface area (Å²) in [5, 5.41) is 0.